The van der Waals surface area contributed by atoms with Crippen LogP contribution in [0.4, 0.5) is 4.39 Å². The maximum absolute atomic E-state index is 13.9. The van der Waals surface area contributed by atoms with Crippen LogP contribution in [0.15, 0.2) is 65.1 Å². The number of rotatable bonds is 9. The van der Waals surface area contributed by atoms with Gasteiger partial charge >= 0.3 is 5.97 Å². The van der Waals surface area contributed by atoms with Gasteiger partial charge in [0.25, 0.3) is 0 Å². The van der Waals surface area contributed by atoms with Crippen molar-refractivity contribution in [2.24, 2.45) is 0 Å². The number of aryl methyl sites for hydroxylation is 2. The smallest absolute Gasteiger partial charge is 0.306 e. The number of hydrogen-bond donors (Lipinski definition) is 0. The number of ether oxygens (including phenoxy) is 2. The summed E-state index contributed by atoms with van der Waals surface area (Å²) in [4.78, 5) is 16.9. The Kier molecular flexibility index (Phi) is 7.79. The second-order valence-electron chi connectivity index (χ2n) is 9.43. The lowest BCUT2D eigenvalue weighted by atomic mass is 9.95. The van der Waals surface area contributed by atoms with Crippen molar-refractivity contribution < 1.29 is 23.1 Å². The van der Waals surface area contributed by atoms with E-state index in [9.17, 15) is 9.18 Å². The minimum Gasteiger partial charge on any atom is -0.493 e. The number of aromatic nitrogens is 1. The van der Waals surface area contributed by atoms with Crippen molar-refractivity contribution in [2.75, 3.05) is 6.61 Å². The Bertz CT molecular complexity index is 1450. The van der Waals surface area contributed by atoms with E-state index in [1.165, 1.54) is 6.07 Å². The molecular weight excluding hydrogens is 505 g/mol. The highest BCUT2D eigenvalue weighted by Gasteiger charge is 2.30. The van der Waals surface area contributed by atoms with Crippen LogP contribution in [0.5, 0.6) is 5.75 Å². The lowest BCUT2D eigenvalue weighted by molar-refractivity contribution is -0.149. The van der Waals surface area contributed by atoms with E-state index >= 15 is 0 Å². The molecule has 0 spiro atoms. The van der Waals surface area contributed by atoms with Gasteiger partial charge in [-0.1, -0.05) is 42.8 Å². The Hall–Kier alpha value is -3.64. The second-order valence-corrected chi connectivity index (χ2v) is 9.83. The number of benzene rings is 3. The molecule has 4 aromatic rings. The fourth-order valence-corrected chi connectivity index (χ4v) is 5.04. The number of halogens is 2. The van der Waals surface area contributed by atoms with Crippen LogP contribution in [0.3, 0.4) is 0 Å². The van der Waals surface area contributed by atoms with Crippen molar-refractivity contribution in [3.8, 4) is 28.3 Å². The first-order valence-corrected chi connectivity index (χ1v) is 13.3. The molecule has 0 aliphatic heterocycles. The number of carbonyl (C=O) groups is 1. The number of carbonyl (C=O) groups excluding carboxylic acids is 1. The van der Waals surface area contributed by atoms with E-state index in [0.29, 0.717) is 37.5 Å². The number of esters is 1. The molecule has 3 aromatic carbocycles. The van der Waals surface area contributed by atoms with E-state index < -0.39 is 5.82 Å². The standard InChI is InChI=1S/C31H29ClFNO4/c1-3-7-29(35)38-28-13-11-22-16-23(18-24(30(22)28)21-10-12-26(33)25(32)17-21)36-15-14-27-19(2)37-31(34-27)20-8-5-4-6-9-20/h4-6,8-10,12,16-18,28H,3,7,11,13-15H2,1-2H3. The van der Waals surface area contributed by atoms with Gasteiger partial charge in [-0.2, -0.15) is 0 Å². The van der Waals surface area contributed by atoms with E-state index in [2.05, 4.69) is 4.98 Å². The average molecular weight is 534 g/mol. The molecule has 5 nitrogen and oxygen atoms in total. The van der Waals surface area contributed by atoms with Gasteiger partial charge in [-0.25, -0.2) is 9.37 Å². The molecule has 38 heavy (non-hydrogen) atoms. The molecule has 1 heterocycles. The monoisotopic (exact) mass is 533 g/mol. The second kappa shape index (κ2) is 11.4. The summed E-state index contributed by atoms with van der Waals surface area (Å²) in [6, 6.07) is 18.3. The molecule has 0 bridgehead atoms. The molecular formula is C31H29ClFNO4. The van der Waals surface area contributed by atoms with Crippen molar-refractivity contribution in [1.29, 1.82) is 0 Å². The normalized spacial score (nSPS) is 14.4. The maximum Gasteiger partial charge on any atom is 0.306 e. The largest absolute Gasteiger partial charge is 0.493 e. The summed E-state index contributed by atoms with van der Waals surface area (Å²) in [6.07, 6.45) is 2.76. The predicted octanol–water partition coefficient (Wildman–Crippen LogP) is 8.06. The quantitative estimate of drug-likeness (QED) is 0.204. The van der Waals surface area contributed by atoms with E-state index in [0.717, 1.165) is 52.1 Å². The molecule has 196 valence electrons. The van der Waals surface area contributed by atoms with Gasteiger partial charge in [-0.05, 0) is 79.3 Å². The predicted molar refractivity (Wildman–Crippen MR) is 145 cm³/mol. The summed E-state index contributed by atoms with van der Waals surface area (Å²) in [5, 5.41) is 0.0378. The molecule has 1 unspecified atom stereocenters. The van der Waals surface area contributed by atoms with Crippen molar-refractivity contribution >= 4 is 17.6 Å². The van der Waals surface area contributed by atoms with E-state index in [-0.39, 0.29) is 17.1 Å². The molecule has 0 N–H and O–H groups in total. The van der Waals surface area contributed by atoms with Gasteiger partial charge in [0, 0.05) is 24.0 Å². The van der Waals surface area contributed by atoms with Crippen molar-refractivity contribution in [3.63, 3.8) is 0 Å². The first-order chi connectivity index (χ1) is 18.4. The lowest BCUT2D eigenvalue weighted by Gasteiger charge is -2.19. The summed E-state index contributed by atoms with van der Waals surface area (Å²) in [7, 11) is 0. The highest BCUT2D eigenvalue weighted by atomic mass is 35.5. The zero-order valence-corrected chi connectivity index (χ0v) is 22.2. The SMILES string of the molecule is CCCC(=O)OC1CCc2cc(OCCc3nc(-c4ccccc4)oc3C)cc(-c3ccc(F)c(Cl)c3)c21. The van der Waals surface area contributed by atoms with Gasteiger partial charge in [0.15, 0.2) is 0 Å². The molecule has 0 fully saturated rings. The maximum atomic E-state index is 13.9. The van der Waals surface area contributed by atoms with Crippen LogP contribution in [0.1, 0.15) is 54.9 Å². The van der Waals surface area contributed by atoms with Crippen LogP contribution in [0, 0.1) is 12.7 Å². The number of oxazole rings is 1. The Morgan fingerprint density at radius 1 is 1.13 bits per heavy atom. The van der Waals surface area contributed by atoms with Gasteiger partial charge in [-0.3, -0.25) is 4.79 Å². The van der Waals surface area contributed by atoms with Gasteiger partial charge in [-0.15, -0.1) is 0 Å². The Morgan fingerprint density at radius 2 is 1.95 bits per heavy atom. The van der Waals surface area contributed by atoms with Crippen molar-refractivity contribution in [2.45, 2.75) is 52.1 Å². The van der Waals surface area contributed by atoms with Gasteiger partial charge in [0.1, 0.15) is 23.4 Å². The van der Waals surface area contributed by atoms with Crippen molar-refractivity contribution in [1.82, 2.24) is 4.98 Å². The van der Waals surface area contributed by atoms with Gasteiger partial charge < -0.3 is 13.9 Å². The summed E-state index contributed by atoms with van der Waals surface area (Å²) in [6.45, 7) is 4.25. The Morgan fingerprint density at radius 3 is 2.71 bits per heavy atom. The molecule has 5 rings (SSSR count). The third-order valence-corrected chi connectivity index (χ3v) is 7.01. The number of hydrogen-bond acceptors (Lipinski definition) is 5. The van der Waals surface area contributed by atoms with Crippen LogP contribution in [0.2, 0.25) is 5.02 Å². The fraction of sp³-hybridized carbons (Fsp3) is 0.290. The molecule has 7 heteroatoms. The van der Waals surface area contributed by atoms with E-state index in [1.54, 1.807) is 12.1 Å². The Labute approximate surface area is 226 Å². The molecule has 1 aliphatic carbocycles. The first kappa shape index (κ1) is 26.0. The minimum atomic E-state index is -0.483. The molecule has 0 saturated heterocycles. The van der Waals surface area contributed by atoms with E-state index in [4.69, 9.17) is 25.5 Å². The summed E-state index contributed by atoms with van der Waals surface area (Å²) in [5.41, 5.74) is 5.34. The number of nitrogens with zero attached hydrogens (tertiary/aromatic N) is 1. The summed E-state index contributed by atoms with van der Waals surface area (Å²) < 4.78 is 31.8. The minimum absolute atomic E-state index is 0.0378. The zero-order valence-electron chi connectivity index (χ0n) is 21.4. The number of fused-ring (bicyclic) bond motifs is 1. The Balaban J connectivity index is 1.39. The lowest BCUT2D eigenvalue weighted by Crippen LogP contribution is -2.10. The molecule has 0 saturated carbocycles. The zero-order chi connectivity index (χ0) is 26.6. The van der Waals surface area contributed by atoms with E-state index in [1.807, 2.05) is 56.3 Å². The molecule has 1 aliphatic rings. The highest BCUT2D eigenvalue weighted by Crippen LogP contribution is 2.44. The van der Waals surface area contributed by atoms with Crippen LogP contribution < -0.4 is 4.74 Å². The molecule has 1 atom stereocenters. The topological polar surface area (TPSA) is 61.6 Å². The van der Waals surface area contributed by atoms with Gasteiger partial charge in [0.05, 0.1) is 17.3 Å². The van der Waals surface area contributed by atoms with Crippen LogP contribution in [-0.2, 0) is 22.4 Å². The third-order valence-electron chi connectivity index (χ3n) is 6.72. The van der Waals surface area contributed by atoms with Crippen molar-refractivity contribution in [3.05, 3.63) is 94.1 Å². The van der Waals surface area contributed by atoms with Crippen LogP contribution in [-0.4, -0.2) is 17.6 Å². The molecule has 0 amide bonds. The third kappa shape index (κ3) is 5.60. The van der Waals surface area contributed by atoms with Crippen LogP contribution in [0.25, 0.3) is 22.6 Å². The summed E-state index contributed by atoms with van der Waals surface area (Å²) >= 11 is 6.12. The summed E-state index contributed by atoms with van der Waals surface area (Å²) in [5.74, 6) is 1.34. The molecule has 1 aromatic heterocycles. The van der Waals surface area contributed by atoms with Crippen LogP contribution >= 0.6 is 11.6 Å². The first-order valence-electron chi connectivity index (χ1n) is 12.9. The van der Waals surface area contributed by atoms with Gasteiger partial charge in [0.2, 0.25) is 5.89 Å². The average Bonchev–Trinajstić information content (AvgIpc) is 3.49. The fourth-order valence-electron chi connectivity index (χ4n) is 4.86. The molecule has 0 radical (unpaired) electrons. The highest BCUT2D eigenvalue weighted by molar-refractivity contribution is 6.31.